The minimum absolute atomic E-state index is 0.0229. The second kappa shape index (κ2) is 4.64. The summed E-state index contributed by atoms with van der Waals surface area (Å²) in [6, 6.07) is 4.59. The Morgan fingerprint density at radius 2 is 1.84 bits per heavy atom. The quantitative estimate of drug-likeness (QED) is 0.657. The van der Waals surface area contributed by atoms with E-state index in [2.05, 4.69) is 0 Å². The van der Waals surface area contributed by atoms with E-state index in [9.17, 15) is 14.0 Å². The molecule has 1 aliphatic rings. The third kappa shape index (κ3) is 2.75. The van der Waals surface area contributed by atoms with E-state index < -0.39 is 5.82 Å². The summed E-state index contributed by atoms with van der Waals surface area (Å²) in [6.07, 6.45) is 0.589. The van der Waals surface area contributed by atoms with E-state index >= 15 is 0 Å². The molecule has 2 N–H and O–H groups in total. The molecule has 5 heteroatoms. The molecule has 2 amide bonds. The average molecular weight is 264 g/mol. The largest absolute Gasteiger partial charge is 0.396 e. The molecular formula is C14H17FN2O2. The van der Waals surface area contributed by atoms with Gasteiger partial charge in [0.1, 0.15) is 0 Å². The Hall–Kier alpha value is -1.91. The van der Waals surface area contributed by atoms with Crippen LogP contribution in [0.15, 0.2) is 18.2 Å². The molecule has 0 spiro atoms. The van der Waals surface area contributed by atoms with Crippen LogP contribution < -0.4 is 5.73 Å². The van der Waals surface area contributed by atoms with Crippen molar-refractivity contribution in [1.82, 2.24) is 4.90 Å². The minimum Gasteiger partial charge on any atom is -0.396 e. The molecule has 0 aromatic heterocycles. The van der Waals surface area contributed by atoms with E-state index in [0.29, 0.717) is 12.8 Å². The van der Waals surface area contributed by atoms with Crippen LogP contribution >= 0.6 is 0 Å². The second-order valence-electron chi connectivity index (χ2n) is 5.71. The van der Waals surface area contributed by atoms with Gasteiger partial charge in [0.05, 0.1) is 12.2 Å². The zero-order valence-electron chi connectivity index (χ0n) is 11.1. The van der Waals surface area contributed by atoms with Crippen LogP contribution in [0.2, 0.25) is 0 Å². The van der Waals surface area contributed by atoms with Crippen LogP contribution in [0.25, 0.3) is 0 Å². The molecule has 1 aromatic rings. The molecular weight excluding hydrogens is 247 g/mol. The summed E-state index contributed by atoms with van der Waals surface area (Å²) in [6.45, 7) is 3.70. The predicted molar refractivity (Wildman–Crippen MR) is 69.4 cm³/mol. The number of piperidine rings is 1. The van der Waals surface area contributed by atoms with Crippen molar-refractivity contribution in [3.05, 3.63) is 29.6 Å². The first-order valence-corrected chi connectivity index (χ1v) is 6.16. The van der Waals surface area contributed by atoms with Crippen LogP contribution in [-0.4, -0.2) is 16.7 Å². The van der Waals surface area contributed by atoms with Crippen LogP contribution in [0.3, 0.4) is 0 Å². The van der Waals surface area contributed by atoms with Crippen molar-refractivity contribution in [1.29, 1.82) is 0 Å². The molecule has 1 heterocycles. The van der Waals surface area contributed by atoms with Gasteiger partial charge in [0.2, 0.25) is 11.8 Å². The second-order valence-corrected chi connectivity index (χ2v) is 5.71. The first-order chi connectivity index (χ1) is 8.80. The van der Waals surface area contributed by atoms with E-state index in [1.54, 1.807) is 6.07 Å². The normalized spacial score (nSPS) is 18.8. The number of amides is 2. The van der Waals surface area contributed by atoms with Gasteiger partial charge in [0.25, 0.3) is 0 Å². The van der Waals surface area contributed by atoms with E-state index in [4.69, 9.17) is 5.73 Å². The number of anilines is 1. The number of halogens is 1. The Morgan fingerprint density at radius 3 is 2.42 bits per heavy atom. The molecule has 1 aromatic carbocycles. The van der Waals surface area contributed by atoms with Crippen LogP contribution in [0, 0.1) is 11.2 Å². The summed E-state index contributed by atoms with van der Waals surface area (Å²) in [7, 11) is 0. The third-order valence-electron chi connectivity index (χ3n) is 3.30. The molecule has 102 valence electrons. The summed E-state index contributed by atoms with van der Waals surface area (Å²) in [5.74, 6) is -1.08. The van der Waals surface area contributed by atoms with Crippen LogP contribution in [-0.2, 0) is 16.1 Å². The van der Waals surface area contributed by atoms with Crippen LogP contribution in [0.5, 0.6) is 0 Å². The number of nitrogens with two attached hydrogens (primary N) is 1. The summed E-state index contributed by atoms with van der Waals surface area (Å²) < 4.78 is 13.8. The highest BCUT2D eigenvalue weighted by molar-refractivity contribution is 5.98. The molecule has 1 aliphatic heterocycles. The zero-order chi connectivity index (χ0) is 14.2. The molecule has 0 bridgehead atoms. The molecule has 1 fully saturated rings. The third-order valence-corrected chi connectivity index (χ3v) is 3.30. The molecule has 2 rings (SSSR count). The average Bonchev–Trinajstić information content (AvgIpc) is 2.27. The Balaban J connectivity index is 2.22. The Morgan fingerprint density at radius 1 is 1.26 bits per heavy atom. The van der Waals surface area contributed by atoms with Gasteiger partial charge in [0.15, 0.2) is 5.82 Å². The lowest BCUT2D eigenvalue weighted by molar-refractivity contribution is -0.153. The smallest absolute Gasteiger partial charge is 0.230 e. The van der Waals surface area contributed by atoms with Crippen molar-refractivity contribution in [2.75, 3.05) is 5.73 Å². The standard InChI is InChI=1S/C14H17FN2O2/c1-14(2)6-11(18)17(12(19)7-14)8-9-4-3-5-10(16)13(9)15/h3-5H,6-8,16H2,1-2H3. The molecule has 19 heavy (non-hydrogen) atoms. The van der Waals surface area contributed by atoms with Crippen LogP contribution in [0.1, 0.15) is 32.3 Å². The summed E-state index contributed by atoms with van der Waals surface area (Å²) in [5.41, 5.74) is 5.44. The van der Waals surface area contributed by atoms with Gasteiger partial charge in [-0.2, -0.15) is 0 Å². The molecule has 0 saturated carbocycles. The fraction of sp³-hybridized carbons (Fsp3) is 0.429. The van der Waals surface area contributed by atoms with Crippen molar-refractivity contribution >= 4 is 17.5 Å². The number of likely N-dealkylation sites (tertiary alicyclic amines) is 1. The maximum Gasteiger partial charge on any atom is 0.230 e. The van der Waals surface area contributed by atoms with Crippen molar-refractivity contribution in [3.63, 3.8) is 0 Å². The fourth-order valence-corrected chi connectivity index (χ4v) is 2.28. The van der Waals surface area contributed by atoms with E-state index in [1.807, 2.05) is 13.8 Å². The number of hydrogen-bond donors (Lipinski definition) is 1. The van der Waals surface area contributed by atoms with Gasteiger partial charge in [0, 0.05) is 18.4 Å². The van der Waals surface area contributed by atoms with Gasteiger partial charge in [-0.15, -0.1) is 0 Å². The molecule has 0 unspecified atom stereocenters. The van der Waals surface area contributed by atoms with Gasteiger partial charge >= 0.3 is 0 Å². The topological polar surface area (TPSA) is 63.4 Å². The Labute approximate surface area is 111 Å². The number of nitrogens with zero attached hydrogens (tertiary/aromatic N) is 1. The van der Waals surface area contributed by atoms with E-state index in [-0.39, 0.29) is 35.0 Å². The van der Waals surface area contributed by atoms with Crippen molar-refractivity contribution in [2.24, 2.45) is 5.41 Å². The molecule has 0 radical (unpaired) electrons. The summed E-state index contributed by atoms with van der Waals surface area (Å²) in [5, 5.41) is 0. The van der Waals surface area contributed by atoms with Crippen molar-refractivity contribution in [3.8, 4) is 0 Å². The maximum absolute atomic E-state index is 13.8. The van der Waals surface area contributed by atoms with Crippen LogP contribution in [0.4, 0.5) is 10.1 Å². The van der Waals surface area contributed by atoms with E-state index in [1.165, 1.54) is 12.1 Å². The molecule has 1 saturated heterocycles. The molecule has 0 atom stereocenters. The highest BCUT2D eigenvalue weighted by Crippen LogP contribution is 2.32. The number of rotatable bonds is 2. The predicted octanol–water partition coefficient (Wildman–Crippen LogP) is 2.08. The van der Waals surface area contributed by atoms with Gasteiger partial charge in [-0.05, 0) is 11.5 Å². The Bertz CT molecular complexity index is 520. The SMILES string of the molecule is CC1(C)CC(=O)N(Cc2cccc(N)c2F)C(=O)C1. The monoisotopic (exact) mass is 264 g/mol. The number of carbonyl (C=O) groups excluding carboxylic acids is 2. The Kier molecular flexibility index (Phi) is 3.30. The molecule has 4 nitrogen and oxygen atoms in total. The number of nitrogen functional groups attached to an aromatic ring is 1. The maximum atomic E-state index is 13.8. The van der Waals surface area contributed by atoms with Gasteiger partial charge in [-0.25, -0.2) is 4.39 Å². The summed E-state index contributed by atoms with van der Waals surface area (Å²) >= 11 is 0. The number of carbonyl (C=O) groups is 2. The number of imide groups is 1. The van der Waals surface area contributed by atoms with Crippen molar-refractivity contribution in [2.45, 2.75) is 33.2 Å². The molecule has 0 aliphatic carbocycles. The highest BCUT2D eigenvalue weighted by Gasteiger charge is 2.37. The van der Waals surface area contributed by atoms with Gasteiger partial charge < -0.3 is 5.73 Å². The first-order valence-electron chi connectivity index (χ1n) is 6.16. The number of hydrogen-bond acceptors (Lipinski definition) is 3. The van der Waals surface area contributed by atoms with Crippen molar-refractivity contribution < 1.29 is 14.0 Å². The lowest BCUT2D eigenvalue weighted by Crippen LogP contribution is -2.45. The summed E-state index contributed by atoms with van der Waals surface area (Å²) in [4.78, 5) is 25.1. The van der Waals surface area contributed by atoms with Gasteiger partial charge in [-0.1, -0.05) is 26.0 Å². The minimum atomic E-state index is -0.562. The van der Waals surface area contributed by atoms with Gasteiger partial charge in [-0.3, -0.25) is 14.5 Å². The lowest BCUT2D eigenvalue weighted by atomic mass is 9.81. The first kappa shape index (κ1) is 13.5. The zero-order valence-corrected chi connectivity index (χ0v) is 11.1. The lowest BCUT2D eigenvalue weighted by Gasteiger charge is -2.34. The fourth-order valence-electron chi connectivity index (χ4n) is 2.28. The highest BCUT2D eigenvalue weighted by atomic mass is 19.1. The van der Waals surface area contributed by atoms with E-state index in [0.717, 1.165) is 4.90 Å². The number of benzene rings is 1.